The molecule has 0 radical (unpaired) electrons. The van der Waals surface area contributed by atoms with Crippen LogP contribution in [0.15, 0.2) is 42.5 Å². The van der Waals surface area contributed by atoms with E-state index in [-0.39, 0.29) is 18.4 Å². The standard InChI is InChI=1S/C25H32N2O4/c1-17(2)16-31-22-12-10-20(14-23(22)30-6)11-13-25(29)27(5)15-24(28)26-21-9-7-8-18(3)19(21)4/h7-14,17H,15-16H2,1-6H3,(H,26,28)/b13-11+. The summed E-state index contributed by atoms with van der Waals surface area (Å²) in [6.45, 7) is 8.65. The number of nitrogens with one attached hydrogen (secondary N) is 1. The number of carbonyl (C=O) groups excluding carboxylic acids is 2. The molecule has 31 heavy (non-hydrogen) atoms. The van der Waals surface area contributed by atoms with E-state index in [9.17, 15) is 9.59 Å². The fourth-order valence-corrected chi connectivity index (χ4v) is 2.83. The highest BCUT2D eigenvalue weighted by Crippen LogP contribution is 2.29. The number of anilines is 1. The van der Waals surface area contributed by atoms with Gasteiger partial charge in [0.2, 0.25) is 11.8 Å². The van der Waals surface area contributed by atoms with Crippen LogP contribution in [0.1, 0.15) is 30.5 Å². The molecule has 6 nitrogen and oxygen atoms in total. The maximum atomic E-state index is 12.4. The summed E-state index contributed by atoms with van der Waals surface area (Å²) in [6, 6.07) is 11.2. The number of ether oxygens (including phenoxy) is 2. The monoisotopic (exact) mass is 424 g/mol. The van der Waals surface area contributed by atoms with E-state index in [4.69, 9.17) is 9.47 Å². The third-order valence-corrected chi connectivity index (χ3v) is 4.81. The lowest BCUT2D eigenvalue weighted by atomic mass is 10.1. The Kier molecular flexibility index (Phi) is 8.67. The molecule has 2 aromatic carbocycles. The minimum Gasteiger partial charge on any atom is -0.493 e. The molecule has 0 aromatic heterocycles. The molecule has 0 aliphatic rings. The largest absolute Gasteiger partial charge is 0.493 e. The third-order valence-electron chi connectivity index (χ3n) is 4.81. The molecule has 0 saturated carbocycles. The number of benzene rings is 2. The Labute approximate surface area is 184 Å². The minimum atomic E-state index is -0.268. The fourth-order valence-electron chi connectivity index (χ4n) is 2.83. The van der Waals surface area contributed by atoms with E-state index in [2.05, 4.69) is 19.2 Å². The van der Waals surface area contributed by atoms with Gasteiger partial charge in [-0.05, 0) is 60.7 Å². The average molecular weight is 425 g/mol. The van der Waals surface area contributed by atoms with Crippen molar-refractivity contribution in [1.29, 1.82) is 0 Å². The minimum absolute atomic E-state index is 0.0398. The van der Waals surface area contributed by atoms with Gasteiger partial charge in [-0.2, -0.15) is 0 Å². The van der Waals surface area contributed by atoms with Gasteiger partial charge < -0.3 is 19.7 Å². The molecule has 2 amide bonds. The highest BCUT2D eigenvalue weighted by atomic mass is 16.5. The van der Waals surface area contributed by atoms with E-state index >= 15 is 0 Å². The van der Waals surface area contributed by atoms with Crippen molar-refractivity contribution in [2.45, 2.75) is 27.7 Å². The average Bonchev–Trinajstić information content (AvgIpc) is 2.73. The smallest absolute Gasteiger partial charge is 0.246 e. The van der Waals surface area contributed by atoms with Gasteiger partial charge in [-0.3, -0.25) is 9.59 Å². The van der Waals surface area contributed by atoms with Crippen LogP contribution >= 0.6 is 0 Å². The normalized spacial score (nSPS) is 10.9. The lowest BCUT2D eigenvalue weighted by Crippen LogP contribution is -2.34. The van der Waals surface area contributed by atoms with E-state index in [1.807, 2.05) is 50.2 Å². The molecule has 0 heterocycles. The van der Waals surface area contributed by atoms with Crippen molar-refractivity contribution in [3.05, 3.63) is 59.2 Å². The van der Waals surface area contributed by atoms with E-state index in [1.165, 1.54) is 11.0 Å². The van der Waals surface area contributed by atoms with Crippen LogP contribution in [0.3, 0.4) is 0 Å². The number of rotatable bonds is 9. The number of nitrogens with zero attached hydrogens (tertiary/aromatic N) is 1. The fraction of sp³-hybridized carbons (Fsp3) is 0.360. The predicted octanol–water partition coefficient (Wildman–Crippen LogP) is 4.46. The van der Waals surface area contributed by atoms with Gasteiger partial charge in [-0.15, -0.1) is 0 Å². The Morgan fingerprint density at radius 3 is 2.55 bits per heavy atom. The molecular weight excluding hydrogens is 392 g/mol. The second-order valence-corrected chi connectivity index (χ2v) is 7.94. The summed E-state index contributed by atoms with van der Waals surface area (Å²) in [7, 11) is 3.18. The number of amides is 2. The van der Waals surface area contributed by atoms with Crippen LogP contribution in [0.5, 0.6) is 11.5 Å². The first-order valence-electron chi connectivity index (χ1n) is 10.3. The molecule has 1 N–H and O–H groups in total. The van der Waals surface area contributed by atoms with Crippen LogP contribution in [0.25, 0.3) is 6.08 Å². The van der Waals surface area contributed by atoms with E-state index in [1.54, 1.807) is 20.2 Å². The third kappa shape index (κ3) is 7.17. The van der Waals surface area contributed by atoms with E-state index in [0.29, 0.717) is 24.0 Å². The molecule has 0 atom stereocenters. The van der Waals surface area contributed by atoms with Gasteiger partial charge in [-0.1, -0.05) is 32.0 Å². The zero-order valence-electron chi connectivity index (χ0n) is 19.2. The number of likely N-dealkylation sites (N-methyl/N-ethyl adjacent to an activating group) is 1. The van der Waals surface area contributed by atoms with Crippen molar-refractivity contribution < 1.29 is 19.1 Å². The second-order valence-electron chi connectivity index (χ2n) is 7.94. The number of aryl methyl sites for hydroxylation is 1. The summed E-state index contributed by atoms with van der Waals surface area (Å²) in [5, 5.41) is 2.86. The number of methoxy groups -OCH3 is 1. The summed E-state index contributed by atoms with van der Waals surface area (Å²) < 4.78 is 11.1. The molecule has 166 valence electrons. The van der Waals surface area contributed by atoms with Crippen molar-refractivity contribution in [3.63, 3.8) is 0 Å². The quantitative estimate of drug-likeness (QED) is 0.604. The van der Waals surface area contributed by atoms with Gasteiger partial charge in [0.15, 0.2) is 11.5 Å². The molecule has 2 rings (SSSR count). The predicted molar refractivity (Wildman–Crippen MR) is 125 cm³/mol. The summed E-state index contributed by atoms with van der Waals surface area (Å²) in [5.74, 6) is 1.17. The summed E-state index contributed by atoms with van der Waals surface area (Å²) in [6.07, 6.45) is 3.13. The molecule has 6 heteroatoms. The first-order chi connectivity index (χ1) is 14.7. The van der Waals surface area contributed by atoms with Gasteiger partial charge >= 0.3 is 0 Å². The highest BCUT2D eigenvalue weighted by Gasteiger charge is 2.12. The summed E-state index contributed by atoms with van der Waals surface area (Å²) >= 11 is 0. The van der Waals surface area contributed by atoms with Crippen molar-refractivity contribution in [2.75, 3.05) is 32.6 Å². The van der Waals surface area contributed by atoms with E-state index < -0.39 is 0 Å². The molecule has 0 fully saturated rings. The van der Waals surface area contributed by atoms with Crippen LogP contribution in [0, 0.1) is 19.8 Å². The zero-order valence-corrected chi connectivity index (χ0v) is 19.2. The van der Waals surface area contributed by atoms with Crippen LogP contribution in [-0.4, -0.2) is 44.0 Å². The Morgan fingerprint density at radius 2 is 1.87 bits per heavy atom. The Bertz CT molecular complexity index is 951. The van der Waals surface area contributed by atoms with Crippen LogP contribution in [0.4, 0.5) is 5.69 Å². The SMILES string of the molecule is COc1cc(/C=C/C(=O)N(C)CC(=O)Nc2cccc(C)c2C)ccc1OCC(C)C. The first-order valence-corrected chi connectivity index (χ1v) is 10.3. The number of hydrogen-bond acceptors (Lipinski definition) is 4. The van der Waals surface area contributed by atoms with Gasteiger partial charge in [0, 0.05) is 18.8 Å². The molecule has 0 unspecified atom stereocenters. The lowest BCUT2D eigenvalue weighted by Gasteiger charge is -2.16. The molecule has 0 bridgehead atoms. The maximum absolute atomic E-state index is 12.4. The second kappa shape index (κ2) is 11.2. The molecular formula is C25H32N2O4. The van der Waals surface area contributed by atoms with E-state index in [0.717, 1.165) is 22.4 Å². The molecule has 0 aliphatic heterocycles. The Hall–Kier alpha value is -3.28. The van der Waals surface area contributed by atoms with Gasteiger partial charge in [0.1, 0.15) is 0 Å². The number of hydrogen-bond donors (Lipinski definition) is 1. The maximum Gasteiger partial charge on any atom is 0.246 e. The molecule has 0 aliphatic carbocycles. The molecule has 2 aromatic rings. The van der Waals surface area contributed by atoms with Crippen LogP contribution in [-0.2, 0) is 9.59 Å². The zero-order chi connectivity index (χ0) is 23.0. The Balaban J connectivity index is 1.97. The topological polar surface area (TPSA) is 67.9 Å². The summed E-state index contributed by atoms with van der Waals surface area (Å²) in [5.41, 5.74) is 3.67. The highest BCUT2D eigenvalue weighted by molar-refractivity contribution is 5.98. The number of carbonyl (C=O) groups is 2. The molecule has 0 saturated heterocycles. The van der Waals surface area contributed by atoms with Gasteiger partial charge in [0.05, 0.1) is 20.3 Å². The van der Waals surface area contributed by atoms with Gasteiger partial charge in [-0.25, -0.2) is 0 Å². The van der Waals surface area contributed by atoms with Crippen LogP contribution < -0.4 is 14.8 Å². The van der Waals surface area contributed by atoms with Crippen molar-refractivity contribution in [1.82, 2.24) is 4.90 Å². The summed E-state index contributed by atoms with van der Waals surface area (Å²) in [4.78, 5) is 26.1. The lowest BCUT2D eigenvalue weighted by molar-refractivity contribution is -0.129. The van der Waals surface area contributed by atoms with Crippen molar-refractivity contribution >= 4 is 23.6 Å². The Morgan fingerprint density at radius 1 is 1.13 bits per heavy atom. The van der Waals surface area contributed by atoms with Crippen LogP contribution in [0.2, 0.25) is 0 Å². The van der Waals surface area contributed by atoms with Gasteiger partial charge in [0.25, 0.3) is 0 Å². The van der Waals surface area contributed by atoms with Crippen molar-refractivity contribution in [2.24, 2.45) is 5.92 Å². The van der Waals surface area contributed by atoms with Crippen molar-refractivity contribution in [3.8, 4) is 11.5 Å². The first kappa shape index (κ1) is 24.0. The molecule has 0 spiro atoms.